The Hall–Kier alpha value is -1.93. The molecule has 0 bridgehead atoms. The van der Waals surface area contributed by atoms with Crippen molar-refractivity contribution in [2.45, 2.75) is 37.6 Å². The Kier molecular flexibility index (Phi) is 5.66. The minimum Gasteiger partial charge on any atom is -0.439 e. The molecule has 0 radical (unpaired) electrons. The number of piperazine rings is 1. The number of nitrogens with zero attached hydrogens (tertiary/aromatic N) is 3. The Bertz CT molecular complexity index is 1160. The van der Waals surface area contributed by atoms with Gasteiger partial charge in [-0.1, -0.05) is 44.5 Å². The molecule has 0 amide bonds. The van der Waals surface area contributed by atoms with Crippen LogP contribution in [0.2, 0.25) is 5.02 Å². The average Bonchev–Trinajstić information content (AvgIpc) is 3.09. The molecule has 0 N–H and O–H groups in total. The highest BCUT2D eigenvalue weighted by atomic mass is 35.5. The number of fused-ring (bicyclic) bond motifs is 1. The van der Waals surface area contributed by atoms with E-state index in [0.29, 0.717) is 43.6 Å². The maximum Gasteiger partial charge on any atom is 0.243 e. The first-order valence-electron chi connectivity index (χ1n) is 10.0. The zero-order valence-electron chi connectivity index (χ0n) is 17.4. The first-order valence-corrected chi connectivity index (χ1v) is 11.8. The highest BCUT2D eigenvalue weighted by molar-refractivity contribution is 7.89. The summed E-state index contributed by atoms with van der Waals surface area (Å²) >= 11 is 5.96. The van der Waals surface area contributed by atoms with Crippen molar-refractivity contribution in [3.8, 4) is 0 Å². The molecule has 1 aliphatic heterocycles. The topological polar surface area (TPSA) is 66.7 Å². The van der Waals surface area contributed by atoms with Crippen LogP contribution in [0.25, 0.3) is 11.1 Å². The molecule has 8 heteroatoms. The number of hydrogen-bond donors (Lipinski definition) is 0. The van der Waals surface area contributed by atoms with Crippen molar-refractivity contribution in [2.75, 3.05) is 26.2 Å². The molecular weight excluding hydrogens is 422 g/mol. The molecular formula is C22H26ClN3O3S. The minimum absolute atomic E-state index is 0.0537. The van der Waals surface area contributed by atoms with Gasteiger partial charge in [0.25, 0.3) is 0 Å². The van der Waals surface area contributed by atoms with Crippen molar-refractivity contribution < 1.29 is 12.8 Å². The van der Waals surface area contributed by atoms with Crippen LogP contribution in [0.5, 0.6) is 0 Å². The number of hydrogen-bond acceptors (Lipinski definition) is 5. The van der Waals surface area contributed by atoms with Crippen molar-refractivity contribution in [1.82, 2.24) is 14.2 Å². The summed E-state index contributed by atoms with van der Waals surface area (Å²) in [5.41, 5.74) is 2.91. The van der Waals surface area contributed by atoms with Gasteiger partial charge in [-0.25, -0.2) is 13.4 Å². The van der Waals surface area contributed by atoms with E-state index in [0.717, 1.165) is 11.1 Å². The van der Waals surface area contributed by atoms with Gasteiger partial charge in [0.15, 0.2) is 5.58 Å². The van der Waals surface area contributed by atoms with Crippen molar-refractivity contribution in [3.05, 3.63) is 58.9 Å². The molecule has 2 aromatic carbocycles. The van der Waals surface area contributed by atoms with Gasteiger partial charge in [0.05, 0.1) is 11.4 Å². The summed E-state index contributed by atoms with van der Waals surface area (Å²) in [4.78, 5) is 7.05. The summed E-state index contributed by atoms with van der Waals surface area (Å²) in [5.74, 6) is 0.655. The molecule has 0 aliphatic carbocycles. The predicted molar refractivity (Wildman–Crippen MR) is 118 cm³/mol. The predicted octanol–water partition coefficient (Wildman–Crippen LogP) is 4.29. The molecule has 4 rings (SSSR count). The van der Waals surface area contributed by atoms with Crippen molar-refractivity contribution in [3.63, 3.8) is 0 Å². The summed E-state index contributed by atoms with van der Waals surface area (Å²) in [6, 6.07) is 12.5. The normalized spacial score (nSPS) is 16.9. The molecule has 0 spiro atoms. The third-order valence-electron chi connectivity index (χ3n) is 5.42. The van der Waals surface area contributed by atoms with Crippen LogP contribution in [0.3, 0.4) is 0 Å². The van der Waals surface area contributed by atoms with Crippen LogP contribution in [-0.4, -0.2) is 48.8 Å². The Morgan fingerprint density at radius 2 is 1.80 bits per heavy atom. The van der Waals surface area contributed by atoms with Crippen LogP contribution in [0.4, 0.5) is 0 Å². The van der Waals surface area contributed by atoms with Gasteiger partial charge in [0.1, 0.15) is 5.52 Å². The van der Waals surface area contributed by atoms with Gasteiger partial charge in [0, 0.05) is 31.2 Å². The van der Waals surface area contributed by atoms with Gasteiger partial charge in [-0.3, -0.25) is 4.90 Å². The van der Waals surface area contributed by atoms with E-state index in [2.05, 4.69) is 42.8 Å². The fourth-order valence-corrected chi connectivity index (χ4v) is 5.33. The number of aromatic nitrogens is 1. The zero-order chi connectivity index (χ0) is 21.5. The van der Waals surface area contributed by atoms with Crippen molar-refractivity contribution in [2.24, 2.45) is 0 Å². The monoisotopic (exact) mass is 447 g/mol. The smallest absolute Gasteiger partial charge is 0.243 e. The fraction of sp³-hybridized carbons (Fsp3) is 0.409. The molecule has 1 fully saturated rings. The molecule has 0 atom stereocenters. The summed E-state index contributed by atoms with van der Waals surface area (Å²) in [6.45, 7) is 9.15. The maximum absolute atomic E-state index is 12.9. The number of rotatable bonds is 4. The Labute approximate surface area is 182 Å². The number of benzene rings is 2. The van der Waals surface area contributed by atoms with Gasteiger partial charge in [0.2, 0.25) is 15.9 Å². The van der Waals surface area contributed by atoms with Crippen LogP contribution < -0.4 is 0 Å². The van der Waals surface area contributed by atoms with Gasteiger partial charge in [-0.05, 0) is 41.3 Å². The summed E-state index contributed by atoms with van der Waals surface area (Å²) in [5, 5.41) is 0.417. The van der Waals surface area contributed by atoms with Crippen LogP contribution in [0, 0.1) is 0 Å². The lowest BCUT2D eigenvalue weighted by Crippen LogP contribution is -2.48. The average molecular weight is 448 g/mol. The standard InChI is InChI=1S/C22H26ClN3O3S/c1-22(2,3)16-7-8-20-19(13-16)24-21(29-20)15-25-9-11-26(12-10-25)30(27,28)18-6-4-5-17(23)14-18/h4-8,13-14H,9-12,15H2,1-3H3. The molecule has 1 aromatic heterocycles. The second-order valence-corrected chi connectivity index (χ2v) is 11.1. The van der Waals surface area contributed by atoms with E-state index in [1.165, 1.54) is 15.9 Å². The van der Waals surface area contributed by atoms with Gasteiger partial charge in [-0.2, -0.15) is 4.31 Å². The zero-order valence-corrected chi connectivity index (χ0v) is 19.0. The van der Waals surface area contributed by atoms with Crippen LogP contribution in [0.15, 0.2) is 51.8 Å². The van der Waals surface area contributed by atoms with Gasteiger partial charge in [-0.15, -0.1) is 0 Å². The molecule has 0 unspecified atom stereocenters. The Balaban J connectivity index is 1.42. The van der Waals surface area contributed by atoms with Crippen LogP contribution in [0.1, 0.15) is 32.2 Å². The van der Waals surface area contributed by atoms with E-state index in [4.69, 9.17) is 16.0 Å². The molecule has 0 saturated carbocycles. The van der Waals surface area contributed by atoms with E-state index in [-0.39, 0.29) is 10.3 Å². The lowest BCUT2D eigenvalue weighted by molar-refractivity contribution is 0.169. The highest BCUT2D eigenvalue weighted by Crippen LogP contribution is 2.27. The van der Waals surface area contributed by atoms with E-state index < -0.39 is 10.0 Å². The highest BCUT2D eigenvalue weighted by Gasteiger charge is 2.29. The molecule has 30 heavy (non-hydrogen) atoms. The molecule has 1 saturated heterocycles. The summed E-state index contributed by atoms with van der Waals surface area (Å²) in [7, 11) is -3.54. The second kappa shape index (κ2) is 7.96. The van der Waals surface area contributed by atoms with Gasteiger partial charge < -0.3 is 4.42 Å². The van der Waals surface area contributed by atoms with E-state index >= 15 is 0 Å². The van der Waals surface area contributed by atoms with Crippen LogP contribution in [-0.2, 0) is 22.0 Å². The first kappa shape index (κ1) is 21.3. The quantitative estimate of drug-likeness (QED) is 0.597. The molecule has 2 heterocycles. The largest absolute Gasteiger partial charge is 0.439 e. The van der Waals surface area contributed by atoms with E-state index in [1.807, 2.05) is 6.07 Å². The number of halogens is 1. The first-order chi connectivity index (χ1) is 14.1. The maximum atomic E-state index is 12.9. The summed E-state index contributed by atoms with van der Waals surface area (Å²) < 4.78 is 33.1. The van der Waals surface area contributed by atoms with Gasteiger partial charge >= 0.3 is 0 Å². The Morgan fingerprint density at radius 3 is 2.47 bits per heavy atom. The third kappa shape index (κ3) is 4.39. The third-order valence-corrected chi connectivity index (χ3v) is 7.55. The lowest BCUT2D eigenvalue weighted by Gasteiger charge is -2.33. The lowest BCUT2D eigenvalue weighted by atomic mass is 9.87. The second-order valence-electron chi connectivity index (χ2n) is 8.68. The molecule has 1 aliphatic rings. The number of oxazole rings is 1. The molecule has 3 aromatic rings. The molecule has 6 nitrogen and oxygen atoms in total. The van der Waals surface area contributed by atoms with E-state index in [1.54, 1.807) is 18.2 Å². The van der Waals surface area contributed by atoms with E-state index in [9.17, 15) is 8.42 Å². The van der Waals surface area contributed by atoms with Crippen molar-refractivity contribution >= 4 is 32.7 Å². The Morgan fingerprint density at radius 1 is 1.07 bits per heavy atom. The van der Waals surface area contributed by atoms with Crippen molar-refractivity contribution in [1.29, 1.82) is 0 Å². The van der Waals surface area contributed by atoms with Crippen LogP contribution >= 0.6 is 11.6 Å². The molecule has 160 valence electrons. The SMILES string of the molecule is CC(C)(C)c1ccc2oc(CN3CCN(S(=O)(=O)c4cccc(Cl)c4)CC3)nc2c1. The summed E-state index contributed by atoms with van der Waals surface area (Å²) in [6.07, 6.45) is 0. The fourth-order valence-electron chi connectivity index (χ4n) is 3.61. The minimum atomic E-state index is -3.54. The number of sulfonamides is 1.